The highest BCUT2D eigenvalue weighted by Gasteiger charge is 2.19. The Kier molecular flexibility index (Phi) is 4.47. The lowest BCUT2D eigenvalue weighted by Crippen LogP contribution is -2.35. The van der Waals surface area contributed by atoms with Crippen molar-refractivity contribution < 1.29 is 24.8 Å². The predicted molar refractivity (Wildman–Crippen MR) is 56.7 cm³/mol. The minimum atomic E-state index is -2.35. The Balaban J connectivity index is 2.36. The first kappa shape index (κ1) is 11.5. The summed E-state index contributed by atoms with van der Waals surface area (Å²) in [4.78, 5) is 22.0. The number of ether oxygens (including phenoxy) is 2. The highest BCUT2D eigenvalue weighted by Crippen LogP contribution is 2.02. The summed E-state index contributed by atoms with van der Waals surface area (Å²) in [7, 11) is 0. The predicted octanol–water partition coefficient (Wildman–Crippen LogP) is 1.16. The van der Waals surface area contributed by atoms with E-state index in [1.165, 1.54) is 0 Å². The molecule has 2 N–H and O–H groups in total. The van der Waals surface area contributed by atoms with Crippen LogP contribution in [0.15, 0.2) is 30.3 Å². The van der Waals surface area contributed by atoms with Gasteiger partial charge in [0.2, 0.25) is 0 Å². The second-order valence-corrected chi connectivity index (χ2v) is 3.10. The van der Waals surface area contributed by atoms with Gasteiger partial charge in [-0.1, -0.05) is 30.3 Å². The SMILES string of the molecule is [2H]C(F)[C@H](N)C(=O)OC(=O)OCc1ccccc1. The molecular weight excluding hydrogens is 229 g/mol. The number of nitrogens with two attached hydrogens (primary N) is 1. The molecule has 6 heteroatoms. The van der Waals surface area contributed by atoms with Crippen LogP contribution in [0.5, 0.6) is 0 Å². The fourth-order valence-electron chi connectivity index (χ4n) is 0.948. The van der Waals surface area contributed by atoms with E-state index in [0.29, 0.717) is 5.56 Å². The molecule has 0 amide bonds. The first-order valence-electron chi connectivity index (χ1n) is 5.32. The van der Waals surface area contributed by atoms with E-state index in [1.807, 2.05) is 0 Å². The summed E-state index contributed by atoms with van der Waals surface area (Å²) in [6.07, 6.45) is -1.28. The van der Waals surface area contributed by atoms with E-state index in [9.17, 15) is 14.0 Å². The molecule has 92 valence electrons. The minimum Gasteiger partial charge on any atom is -0.429 e. The first-order chi connectivity index (χ1) is 8.50. The maximum Gasteiger partial charge on any atom is 0.516 e. The van der Waals surface area contributed by atoms with Crippen molar-refractivity contribution in [1.82, 2.24) is 0 Å². The smallest absolute Gasteiger partial charge is 0.429 e. The number of halogens is 1. The summed E-state index contributed by atoms with van der Waals surface area (Å²) in [5.41, 5.74) is 5.67. The second-order valence-electron chi connectivity index (χ2n) is 3.10. The molecule has 0 bridgehead atoms. The van der Waals surface area contributed by atoms with E-state index < -0.39 is 24.8 Å². The Morgan fingerprint density at radius 2 is 2.06 bits per heavy atom. The van der Waals surface area contributed by atoms with Gasteiger partial charge in [0.15, 0.2) is 0 Å². The Labute approximate surface area is 98.7 Å². The molecule has 0 aromatic heterocycles. The third kappa shape index (κ3) is 4.60. The van der Waals surface area contributed by atoms with Crippen LogP contribution in [0.25, 0.3) is 0 Å². The standard InChI is InChI=1S/C11H12FNO4/c12-6-9(13)10(14)17-11(15)16-7-8-4-2-1-3-5-8/h1-5,9H,6-7,13H2/t9-/m0/s1/i6D/t6?,9-. The zero-order valence-corrected chi connectivity index (χ0v) is 8.84. The molecule has 1 unspecified atom stereocenters. The van der Waals surface area contributed by atoms with Crippen molar-refractivity contribution in [2.45, 2.75) is 12.6 Å². The van der Waals surface area contributed by atoms with Crippen LogP contribution in [-0.2, 0) is 20.9 Å². The van der Waals surface area contributed by atoms with Crippen LogP contribution in [-0.4, -0.2) is 24.8 Å². The van der Waals surface area contributed by atoms with E-state index in [2.05, 4.69) is 9.47 Å². The van der Waals surface area contributed by atoms with Crippen LogP contribution in [0.2, 0.25) is 0 Å². The molecule has 1 aromatic rings. The number of hydrogen-bond donors (Lipinski definition) is 1. The summed E-state index contributed by atoms with van der Waals surface area (Å²) in [6, 6.07) is 6.89. The van der Waals surface area contributed by atoms with Crippen LogP contribution in [0.1, 0.15) is 6.93 Å². The highest BCUT2D eigenvalue weighted by molar-refractivity contribution is 5.85. The van der Waals surface area contributed by atoms with Crippen molar-refractivity contribution in [3.8, 4) is 0 Å². The molecular formula is C11H12FNO4. The summed E-state index contributed by atoms with van der Waals surface area (Å²) >= 11 is 0. The summed E-state index contributed by atoms with van der Waals surface area (Å²) in [5, 5.41) is 0. The fourth-order valence-corrected chi connectivity index (χ4v) is 0.948. The molecule has 5 nitrogen and oxygen atoms in total. The molecule has 0 aliphatic carbocycles. The minimum absolute atomic E-state index is 0.0812. The van der Waals surface area contributed by atoms with Crippen molar-refractivity contribution in [3.05, 3.63) is 35.9 Å². The molecule has 0 radical (unpaired) electrons. The summed E-state index contributed by atoms with van der Waals surface area (Å²) in [6.45, 7) is -2.43. The van der Waals surface area contributed by atoms with Gasteiger partial charge >= 0.3 is 12.1 Å². The van der Waals surface area contributed by atoms with E-state index in [4.69, 9.17) is 7.10 Å². The van der Waals surface area contributed by atoms with Crippen molar-refractivity contribution in [2.24, 2.45) is 5.73 Å². The van der Waals surface area contributed by atoms with Crippen molar-refractivity contribution in [1.29, 1.82) is 0 Å². The lowest BCUT2D eigenvalue weighted by molar-refractivity contribution is -0.141. The van der Waals surface area contributed by atoms with Gasteiger partial charge in [-0.25, -0.2) is 14.0 Å². The molecule has 2 atom stereocenters. The largest absolute Gasteiger partial charge is 0.516 e. The monoisotopic (exact) mass is 242 g/mol. The number of esters is 1. The van der Waals surface area contributed by atoms with Gasteiger partial charge in [0.1, 0.15) is 19.3 Å². The topological polar surface area (TPSA) is 78.6 Å². The number of hydrogen-bond acceptors (Lipinski definition) is 5. The molecule has 1 aromatic carbocycles. The highest BCUT2D eigenvalue weighted by atomic mass is 19.1. The van der Waals surface area contributed by atoms with Gasteiger partial charge in [-0.05, 0) is 5.56 Å². The molecule has 17 heavy (non-hydrogen) atoms. The summed E-state index contributed by atoms with van der Waals surface area (Å²) < 4.78 is 27.6. The molecule has 1 rings (SSSR count). The van der Waals surface area contributed by atoms with Crippen LogP contribution >= 0.6 is 0 Å². The second kappa shape index (κ2) is 6.59. The average molecular weight is 242 g/mol. The van der Waals surface area contributed by atoms with Crippen molar-refractivity contribution >= 4 is 12.1 Å². The third-order valence-electron chi connectivity index (χ3n) is 1.79. The maximum atomic E-state index is 12.3. The molecule has 0 saturated carbocycles. The van der Waals surface area contributed by atoms with Crippen LogP contribution in [0.4, 0.5) is 9.18 Å². The van der Waals surface area contributed by atoms with Crippen LogP contribution in [0, 0.1) is 0 Å². The molecule has 0 aliphatic heterocycles. The van der Waals surface area contributed by atoms with Gasteiger partial charge in [0.25, 0.3) is 0 Å². The van der Waals surface area contributed by atoms with E-state index in [0.717, 1.165) is 0 Å². The Morgan fingerprint density at radius 3 is 2.65 bits per heavy atom. The number of benzene rings is 1. The average Bonchev–Trinajstić information content (AvgIpc) is 2.36. The molecule has 0 heterocycles. The van der Waals surface area contributed by atoms with Gasteiger partial charge in [0.05, 0.1) is 1.37 Å². The van der Waals surface area contributed by atoms with E-state index in [1.54, 1.807) is 30.3 Å². The van der Waals surface area contributed by atoms with Crippen molar-refractivity contribution in [3.63, 3.8) is 0 Å². The zero-order valence-electron chi connectivity index (χ0n) is 9.84. The summed E-state index contributed by atoms with van der Waals surface area (Å²) in [5.74, 6) is -1.34. The maximum absolute atomic E-state index is 12.3. The lowest BCUT2D eigenvalue weighted by Gasteiger charge is -2.07. The van der Waals surface area contributed by atoms with Gasteiger partial charge < -0.3 is 15.2 Å². The van der Waals surface area contributed by atoms with Gasteiger partial charge in [0, 0.05) is 0 Å². The Bertz CT molecular complexity index is 413. The van der Waals surface area contributed by atoms with E-state index in [-0.39, 0.29) is 6.61 Å². The molecule has 0 fully saturated rings. The normalized spacial score (nSPS) is 14.4. The van der Waals surface area contributed by atoms with Crippen LogP contribution < -0.4 is 5.73 Å². The first-order valence-corrected chi connectivity index (χ1v) is 4.75. The quantitative estimate of drug-likeness (QED) is 0.633. The number of rotatable bonds is 4. The number of carbonyl (C=O) groups is 2. The Hall–Kier alpha value is -1.95. The number of carbonyl (C=O) groups excluding carboxylic acids is 2. The zero-order chi connectivity index (χ0) is 13.5. The molecule has 0 aliphatic rings. The van der Waals surface area contributed by atoms with Crippen LogP contribution in [0.3, 0.4) is 0 Å². The van der Waals surface area contributed by atoms with Gasteiger partial charge in [-0.15, -0.1) is 0 Å². The van der Waals surface area contributed by atoms with E-state index >= 15 is 0 Å². The fraction of sp³-hybridized carbons (Fsp3) is 0.273. The van der Waals surface area contributed by atoms with Gasteiger partial charge in [-0.2, -0.15) is 0 Å². The Morgan fingerprint density at radius 1 is 1.41 bits per heavy atom. The third-order valence-corrected chi connectivity index (χ3v) is 1.79. The number of alkyl halides is 1. The van der Waals surface area contributed by atoms with Crippen molar-refractivity contribution in [2.75, 3.05) is 6.65 Å². The van der Waals surface area contributed by atoms with Gasteiger partial charge in [-0.3, -0.25) is 0 Å². The molecule has 0 spiro atoms. The molecule has 0 saturated heterocycles. The lowest BCUT2D eigenvalue weighted by atomic mass is 10.2.